The number of hydrogen-bond donors (Lipinski definition) is 0. The zero-order valence-corrected chi connectivity index (χ0v) is 22.9. The molecule has 0 spiro atoms. The van der Waals surface area contributed by atoms with Crippen molar-refractivity contribution >= 4 is 5.78 Å². The lowest BCUT2D eigenvalue weighted by atomic mass is 9.81. The lowest BCUT2D eigenvalue weighted by Gasteiger charge is -2.38. The average molecular weight is 520 g/mol. The van der Waals surface area contributed by atoms with E-state index < -0.39 is 5.82 Å². The van der Waals surface area contributed by atoms with Crippen molar-refractivity contribution in [3.8, 4) is 5.82 Å². The Morgan fingerprint density at radius 3 is 2.45 bits per heavy atom. The standard InChI is InChI=1S/C30H38FN5O2/c1-19(2)24-15-27(31)30(33-17-24)36-21(4)26(18-34-36)28(37)14-22-13-20(3)29(32-16-22)23-5-7-25(8-6-23)35-9-11-38-12-10-35/h13,15-19,23,25H,5-12,14H2,1-4H3. The summed E-state index contributed by atoms with van der Waals surface area (Å²) in [6, 6.07) is 4.24. The molecule has 2 fully saturated rings. The fraction of sp³-hybridized carbons (Fsp3) is 0.533. The number of rotatable bonds is 7. The number of ketones is 1. The number of pyridine rings is 2. The number of carbonyl (C=O) groups is 1. The van der Waals surface area contributed by atoms with Gasteiger partial charge in [0.15, 0.2) is 17.4 Å². The molecule has 0 unspecified atom stereocenters. The highest BCUT2D eigenvalue weighted by Crippen LogP contribution is 2.35. The Morgan fingerprint density at radius 2 is 1.79 bits per heavy atom. The number of hydrogen-bond acceptors (Lipinski definition) is 6. The third-order valence-corrected chi connectivity index (χ3v) is 8.21. The summed E-state index contributed by atoms with van der Waals surface area (Å²) in [7, 11) is 0. The molecule has 3 aromatic heterocycles. The van der Waals surface area contributed by atoms with E-state index in [0.29, 0.717) is 23.2 Å². The first-order valence-electron chi connectivity index (χ1n) is 13.8. The van der Waals surface area contributed by atoms with Gasteiger partial charge >= 0.3 is 0 Å². The number of morpholine rings is 1. The van der Waals surface area contributed by atoms with E-state index in [0.717, 1.165) is 61.5 Å². The van der Waals surface area contributed by atoms with Gasteiger partial charge in [0.05, 0.1) is 30.7 Å². The topological polar surface area (TPSA) is 73.1 Å². The van der Waals surface area contributed by atoms with Crippen LogP contribution in [0.4, 0.5) is 4.39 Å². The molecule has 2 aliphatic rings. The second-order valence-electron chi connectivity index (χ2n) is 11.1. The third-order valence-electron chi connectivity index (χ3n) is 8.21. The van der Waals surface area contributed by atoms with Crippen molar-refractivity contribution < 1.29 is 13.9 Å². The van der Waals surface area contributed by atoms with Crippen LogP contribution in [0.5, 0.6) is 0 Å². The molecule has 202 valence electrons. The fourth-order valence-corrected chi connectivity index (χ4v) is 5.92. The van der Waals surface area contributed by atoms with Crippen molar-refractivity contribution in [2.75, 3.05) is 26.3 Å². The van der Waals surface area contributed by atoms with Gasteiger partial charge in [-0.05, 0) is 68.2 Å². The van der Waals surface area contributed by atoms with Crippen LogP contribution in [0.3, 0.4) is 0 Å². The van der Waals surface area contributed by atoms with Gasteiger partial charge in [-0.2, -0.15) is 5.10 Å². The van der Waals surface area contributed by atoms with Crippen LogP contribution >= 0.6 is 0 Å². The SMILES string of the molecule is Cc1cc(CC(=O)c2cnn(-c3ncc(C(C)C)cc3F)c2C)cnc1C1CCC(N2CCOCC2)CC1. The monoisotopic (exact) mass is 519 g/mol. The van der Waals surface area contributed by atoms with Gasteiger partial charge in [-0.3, -0.25) is 14.7 Å². The lowest BCUT2D eigenvalue weighted by Crippen LogP contribution is -2.44. The van der Waals surface area contributed by atoms with E-state index in [1.807, 2.05) is 20.0 Å². The van der Waals surface area contributed by atoms with Crippen molar-refractivity contribution in [2.45, 2.75) is 77.7 Å². The van der Waals surface area contributed by atoms with Gasteiger partial charge in [0, 0.05) is 49.6 Å². The Bertz CT molecular complexity index is 1290. The maximum Gasteiger partial charge on any atom is 0.189 e. The van der Waals surface area contributed by atoms with Crippen molar-refractivity contribution in [1.82, 2.24) is 24.6 Å². The number of aromatic nitrogens is 4. The normalized spacial score (nSPS) is 20.7. The number of halogens is 1. The summed E-state index contributed by atoms with van der Waals surface area (Å²) in [5.74, 6) is 0.248. The summed E-state index contributed by atoms with van der Waals surface area (Å²) < 4.78 is 21.7. The van der Waals surface area contributed by atoms with Gasteiger partial charge in [0.25, 0.3) is 0 Å². The van der Waals surface area contributed by atoms with E-state index in [4.69, 9.17) is 9.72 Å². The molecule has 3 aromatic rings. The van der Waals surface area contributed by atoms with E-state index in [-0.39, 0.29) is 23.9 Å². The summed E-state index contributed by atoms with van der Waals surface area (Å²) in [6.45, 7) is 11.6. The molecule has 0 aromatic carbocycles. The smallest absolute Gasteiger partial charge is 0.189 e. The minimum Gasteiger partial charge on any atom is -0.379 e. The molecule has 1 saturated heterocycles. The molecule has 8 heteroatoms. The van der Waals surface area contributed by atoms with Crippen LogP contribution in [-0.2, 0) is 11.2 Å². The molecule has 0 amide bonds. The third kappa shape index (κ3) is 5.57. The molecular formula is C30H38FN5O2. The van der Waals surface area contributed by atoms with Crippen LogP contribution in [0, 0.1) is 19.7 Å². The highest BCUT2D eigenvalue weighted by molar-refractivity contribution is 5.98. The van der Waals surface area contributed by atoms with Crippen LogP contribution in [0.1, 0.15) is 89.8 Å². The molecule has 1 aliphatic carbocycles. The summed E-state index contributed by atoms with van der Waals surface area (Å²) in [5.41, 5.74) is 5.07. The van der Waals surface area contributed by atoms with Crippen LogP contribution in [-0.4, -0.2) is 62.8 Å². The van der Waals surface area contributed by atoms with E-state index in [1.165, 1.54) is 29.8 Å². The minimum absolute atomic E-state index is 0.0621. The van der Waals surface area contributed by atoms with Gasteiger partial charge < -0.3 is 4.74 Å². The first kappa shape index (κ1) is 26.6. The average Bonchev–Trinajstić information content (AvgIpc) is 3.30. The molecule has 5 rings (SSSR count). The van der Waals surface area contributed by atoms with Crippen molar-refractivity contribution in [3.05, 3.63) is 70.2 Å². The first-order valence-corrected chi connectivity index (χ1v) is 13.8. The first-order chi connectivity index (χ1) is 18.3. The largest absolute Gasteiger partial charge is 0.379 e. The maximum absolute atomic E-state index is 14.8. The zero-order valence-electron chi connectivity index (χ0n) is 22.9. The van der Waals surface area contributed by atoms with Crippen LogP contribution in [0.2, 0.25) is 0 Å². The lowest BCUT2D eigenvalue weighted by molar-refractivity contribution is 0.00719. The number of nitrogens with zero attached hydrogens (tertiary/aromatic N) is 5. The van der Waals surface area contributed by atoms with Gasteiger partial charge in [-0.15, -0.1) is 0 Å². The molecule has 0 bridgehead atoms. The Hall–Kier alpha value is -2.97. The van der Waals surface area contributed by atoms with E-state index >= 15 is 0 Å². The molecule has 1 aliphatic heterocycles. The molecule has 0 atom stereocenters. The summed E-state index contributed by atoms with van der Waals surface area (Å²) >= 11 is 0. The number of ether oxygens (including phenoxy) is 1. The van der Waals surface area contributed by atoms with E-state index in [1.54, 1.807) is 13.1 Å². The molecule has 38 heavy (non-hydrogen) atoms. The minimum atomic E-state index is -0.448. The predicted molar refractivity (Wildman–Crippen MR) is 145 cm³/mol. The van der Waals surface area contributed by atoms with Crippen molar-refractivity contribution in [2.24, 2.45) is 0 Å². The quantitative estimate of drug-likeness (QED) is 0.393. The van der Waals surface area contributed by atoms with Gasteiger partial charge in [-0.25, -0.2) is 14.1 Å². The van der Waals surface area contributed by atoms with Crippen molar-refractivity contribution in [1.29, 1.82) is 0 Å². The molecule has 0 N–H and O–H groups in total. The molecular weight excluding hydrogens is 481 g/mol. The second-order valence-corrected chi connectivity index (χ2v) is 11.1. The van der Waals surface area contributed by atoms with E-state index in [2.05, 4.69) is 28.0 Å². The Balaban J connectivity index is 1.24. The zero-order chi connectivity index (χ0) is 26.8. The van der Waals surface area contributed by atoms with Crippen molar-refractivity contribution in [3.63, 3.8) is 0 Å². The summed E-state index contributed by atoms with van der Waals surface area (Å²) in [6.07, 6.45) is 9.94. The second kappa shape index (κ2) is 11.4. The number of Topliss-reactive ketones (excluding diaryl/α,β-unsaturated/α-hetero) is 1. The number of aryl methyl sites for hydroxylation is 1. The highest BCUT2D eigenvalue weighted by Gasteiger charge is 2.29. The predicted octanol–water partition coefficient (Wildman–Crippen LogP) is 5.33. The molecule has 4 heterocycles. The fourth-order valence-electron chi connectivity index (χ4n) is 5.92. The van der Waals surface area contributed by atoms with Crippen LogP contribution < -0.4 is 0 Å². The summed E-state index contributed by atoms with van der Waals surface area (Å²) in [4.78, 5) is 24.9. The highest BCUT2D eigenvalue weighted by atomic mass is 19.1. The van der Waals surface area contributed by atoms with Crippen LogP contribution in [0.25, 0.3) is 5.82 Å². The Labute approximate surface area is 224 Å². The Morgan fingerprint density at radius 1 is 1.05 bits per heavy atom. The van der Waals surface area contributed by atoms with Gasteiger partial charge in [0.2, 0.25) is 0 Å². The van der Waals surface area contributed by atoms with Crippen LogP contribution in [0.15, 0.2) is 30.7 Å². The molecule has 7 nitrogen and oxygen atoms in total. The molecule has 0 radical (unpaired) electrons. The van der Waals surface area contributed by atoms with Gasteiger partial charge in [-0.1, -0.05) is 19.9 Å². The maximum atomic E-state index is 14.8. The number of carbonyl (C=O) groups excluding carboxylic acids is 1. The molecule has 1 saturated carbocycles. The van der Waals surface area contributed by atoms with E-state index in [9.17, 15) is 9.18 Å². The van der Waals surface area contributed by atoms with Gasteiger partial charge in [0.1, 0.15) is 0 Å². The Kier molecular flexibility index (Phi) is 8.00. The summed E-state index contributed by atoms with van der Waals surface area (Å²) in [5, 5.41) is 4.28.